The fourth-order valence-corrected chi connectivity index (χ4v) is 1.88. The molecule has 1 nitrogen and oxygen atoms in total. The van der Waals surface area contributed by atoms with Gasteiger partial charge in [0.2, 0.25) is 0 Å². The third kappa shape index (κ3) is 1.52. The van der Waals surface area contributed by atoms with Crippen LogP contribution in [0.4, 0.5) is 13.2 Å². The predicted octanol–water partition coefficient (Wildman–Crippen LogP) is 3.95. The maximum absolute atomic E-state index is 12.4. The minimum absolute atomic E-state index is 0.0668. The van der Waals surface area contributed by atoms with Crippen molar-refractivity contribution in [2.75, 3.05) is 0 Å². The van der Waals surface area contributed by atoms with E-state index in [9.17, 15) is 13.2 Å². The summed E-state index contributed by atoms with van der Waals surface area (Å²) in [7, 11) is 0. The van der Waals surface area contributed by atoms with Gasteiger partial charge in [0, 0.05) is 21.6 Å². The van der Waals surface area contributed by atoms with Crippen molar-refractivity contribution in [3.05, 3.63) is 34.4 Å². The first kappa shape index (κ1) is 9.58. The molecule has 74 valence electrons. The first-order valence-electron chi connectivity index (χ1n) is 3.82. The highest BCUT2D eigenvalue weighted by molar-refractivity contribution is 9.10. The van der Waals surface area contributed by atoms with Crippen LogP contribution < -0.4 is 0 Å². The van der Waals surface area contributed by atoms with Gasteiger partial charge in [0.15, 0.2) is 0 Å². The fourth-order valence-electron chi connectivity index (χ4n) is 1.29. The number of hydrogen-bond acceptors (Lipinski definition) is 0. The second kappa shape index (κ2) is 3.02. The van der Waals surface area contributed by atoms with E-state index in [2.05, 4.69) is 20.9 Å². The van der Waals surface area contributed by atoms with E-state index in [1.165, 1.54) is 6.07 Å². The molecule has 0 fully saturated rings. The summed E-state index contributed by atoms with van der Waals surface area (Å²) in [4.78, 5) is 2.74. The monoisotopic (exact) mass is 263 g/mol. The lowest BCUT2D eigenvalue weighted by Crippen LogP contribution is -2.05. The van der Waals surface area contributed by atoms with Crippen molar-refractivity contribution >= 4 is 26.8 Å². The fraction of sp³-hybridized carbons (Fsp3) is 0.111. The molecular weight excluding hydrogens is 259 g/mol. The predicted molar refractivity (Wildman–Crippen MR) is 51.0 cm³/mol. The van der Waals surface area contributed by atoms with Gasteiger partial charge in [0.25, 0.3) is 0 Å². The van der Waals surface area contributed by atoms with Crippen molar-refractivity contribution in [2.24, 2.45) is 0 Å². The van der Waals surface area contributed by atoms with Crippen LogP contribution in [0, 0.1) is 0 Å². The lowest BCUT2D eigenvalue weighted by molar-refractivity contribution is -0.138. The van der Waals surface area contributed by atoms with Crippen LogP contribution in [-0.4, -0.2) is 4.98 Å². The minimum Gasteiger partial charge on any atom is -0.361 e. The van der Waals surface area contributed by atoms with Crippen LogP contribution in [0.2, 0.25) is 0 Å². The summed E-state index contributed by atoms with van der Waals surface area (Å²) >= 11 is 2.90. The third-order valence-corrected chi connectivity index (χ3v) is 2.60. The van der Waals surface area contributed by atoms with Gasteiger partial charge in [0.05, 0.1) is 5.56 Å². The molecule has 2 rings (SSSR count). The Morgan fingerprint density at radius 3 is 2.57 bits per heavy atom. The minimum atomic E-state index is -4.32. The number of aromatic nitrogens is 1. The summed E-state index contributed by atoms with van der Waals surface area (Å²) in [6.07, 6.45) is -2.71. The first-order chi connectivity index (χ1) is 6.48. The maximum atomic E-state index is 12.4. The highest BCUT2D eigenvalue weighted by Crippen LogP contribution is 2.36. The topological polar surface area (TPSA) is 15.8 Å². The highest BCUT2D eigenvalue weighted by atomic mass is 79.9. The molecule has 0 atom stereocenters. The number of alkyl halides is 3. The first-order valence-corrected chi connectivity index (χ1v) is 4.61. The molecule has 14 heavy (non-hydrogen) atoms. The van der Waals surface area contributed by atoms with Crippen molar-refractivity contribution in [3.63, 3.8) is 0 Å². The Hall–Kier alpha value is -0.970. The second-order valence-corrected chi connectivity index (χ2v) is 3.75. The number of rotatable bonds is 0. The second-order valence-electron chi connectivity index (χ2n) is 2.89. The number of fused-ring (bicyclic) bond motifs is 1. The van der Waals surface area contributed by atoms with E-state index < -0.39 is 11.7 Å². The van der Waals surface area contributed by atoms with Gasteiger partial charge in [-0.2, -0.15) is 13.2 Å². The molecule has 1 heterocycles. The lowest BCUT2D eigenvalue weighted by atomic mass is 10.1. The molecule has 1 N–H and O–H groups in total. The van der Waals surface area contributed by atoms with E-state index in [4.69, 9.17) is 0 Å². The Labute approximate surface area is 86.1 Å². The van der Waals surface area contributed by atoms with E-state index in [1.54, 1.807) is 12.3 Å². The van der Waals surface area contributed by atoms with E-state index >= 15 is 0 Å². The Morgan fingerprint density at radius 2 is 1.93 bits per heavy atom. The molecule has 1 aromatic carbocycles. The summed E-state index contributed by atoms with van der Waals surface area (Å²) in [5, 5.41) is 0.755. The SMILES string of the molecule is FC(F)(F)c1cc2[nH]ccc2cc1Br. The van der Waals surface area contributed by atoms with E-state index in [0.717, 1.165) is 11.5 Å². The molecule has 0 aliphatic carbocycles. The Kier molecular flexibility index (Phi) is 2.06. The molecule has 0 unspecified atom stereocenters. The Bertz CT molecular complexity index is 472. The summed E-state index contributed by atoms with van der Waals surface area (Å²) in [6, 6.07) is 4.27. The molecule has 0 bridgehead atoms. The van der Waals surface area contributed by atoms with Crippen LogP contribution in [0.1, 0.15) is 5.56 Å². The van der Waals surface area contributed by atoms with E-state index in [1.807, 2.05) is 0 Å². The molecule has 2 aromatic rings. The van der Waals surface area contributed by atoms with E-state index in [0.29, 0.717) is 5.52 Å². The van der Waals surface area contributed by atoms with Crippen LogP contribution in [0.25, 0.3) is 10.9 Å². The van der Waals surface area contributed by atoms with Gasteiger partial charge < -0.3 is 4.98 Å². The number of halogens is 4. The van der Waals surface area contributed by atoms with Crippen molar-refractivity contribution in [3.8, 4) is 0 Å². The van der Waals surface area contributed by atoms with Gasteiger partial charge in [0.1, 0.15) is 0 Å². The van der Waals surface area contributed by atoms with Gasteiger partial charge in [-0.15, -0.1) is 0 Å². The van der Waals surface area contributed by atoms with Gasteiger partial charge in [-0.25, -0.2) is 0 Å². The van der Waals surface area contributed by atoms with Crippen molar-refractivity contribution in [2.45, 2.75) is 6.18 Å². The van der Waals surface area contributed by atoms with Gasteiger partial charge in [-0.3, -0.25) is 0 Å². The van der Waals surface area contributed by atoms with Gasteiger partial charge >= 0.3 is 6.18 Å². The van der Waals surface area contributed by atoms with Crippen LogP contribution in [-0.2, 0) is 6.18 Å². The third-order valence-electron chi connectivity index (χ3n) is 1.95. The van der Waals surface area contributed by atoms with Crippen LogP contribution in [0.15, 0.2) is 28.9 Å². The maximum Gasteiger partial charge on any atom is 0.417 e. The summed E-state index contributed by atoms with van der Waals surface area (Å²) in [6.45, 7) is 0. The standard InChI is InChI=1S/C9H5BrF3N/c10-7-3-5-1-2-14-8(5)4-6(7)9(11,12)13/h1-4,14H. The summed E-state index contributed by atoms with van der Waals surface area (Å²) in [5.74, 6) is 0. The average Bonchev–Trinajstić information content (AvgIpc) is 2.47. The molecule has 0 spiro atoms. The van der Waals surface area contributed by atoms with Crippen LogP contribution >= 0.6 is 15.9 Å². The molecule has 0 amide bonds. The van der Waals surface area contributed by atoms with Crippen LogP contribution in [0.5, 0.6) is 0 Å². The smallest absolute Gasteiger partial charge is 0.361 e. The van der Waals surface area contributed by atoms with Crippen LogP contribution in [0.3, 0.4) is 0 Å². The quantitative estimate of drug-likeness (QED) is 0.741. The average molecular weight is 264 g/mol. The molecule has 0 radical (unpaired) electrons. The van der Waals surface area contributed by atoms with Gasteiger partial charge in [-0.1, -0.05) is 15.9 Å². The summed E-state index contributed by atoms with van der Waals surface area (Å²) < 4.78 is 37.4. The highest BCUT2D eigenvalue weighted by Gasteiger charge is 2.33. The Morgan fingerprint density at radius 1 is 1.21 bits per heavy atom. The number of hydrogen-bond donors (Lipinski definition) is 1. The Balaban J connectivity index is 2.71. The number of H-pyrrole nitrogens is 1. The normalized spacial score (nSPS) is 12.3. The summed E-state index contributed by atoms with van der Waals surface area (Å²) in [5.41, 5.74) is -0.173. The molecule has 0 saturated heterocycles. The zero-order valence-corrected chi connectivity index (χ0v) is 8.41. The molecule has 0 aliphatic rings. The number of nitrogens with one attached hydrogen (secondary N) is 1. The van der Waals surface area contributed by atoms with Crippen molar-refractivity contribution in [1.82, 2.24) is 4.98 Å². The molecule has 1 aromatic heterocycles. The largest absolute Gasteiger partial charge is 0.417 e. The molecule has 5 heteroatoms. The van der Waals surface area contributed by atoms with Crippen molar-refractivity contribution < 1.29 is 13.2 Å². The molecule has 0 aliphatic heterocycles. The zero-order chi connectivity index (χ0) is 10.3. The zero-order valence-electron chi connectivity index (χ0n) is 6.82. The lowest BCUT2D eigenvalue weighted by Gasteiger charge is -2.08. The van der Waals surface area contributed by atoms with Gasteiger partial charge in [-0.05, 0) is 18.2 Å². The number of benzene rings is 1. The molecule has 0 saturated carbocycles. The van der Waals surface area contributed by atoms with E-state index in [-0.39, 0.29) is 4.47 Å². The van der Waals surface area contributed by atoms with Crippen molar-refractivity contribution in [1.29, 1.82) is 0 Å². The molecular formula is C9H5BrF3N. The number of aromatic amines is 1.